The molecule has 3 rings (SSSR count). The van der Waals surface area contributed by atoms with Crippen molar-refractivity contribution < 1.29 is 8.42 Å². The number of pyridine rings is 1. The van der Waals surface area contributed by atoms with Crippen LogP contribution in [0.1, 0.15) is 56.1 Å². The Morgan fingerprint density at radius 3 is 2.50 bits per heavy atom. The van der Waals surface area contributed by atoms with Crippen LogP contribution in [0.15, 0.2) is 0 Å². The zero-order chi connectivity index (χ0) is 18.9. The fourth-order valence-electron chi connectivity index (χ4n) is 3.43. The molecule has 0 spiro atoms. The van der Waals surface area contributed by atoms with Crippen molar-refractivity contribution >= 4 is 26.7 Å². The standard InChI is InChI=1S/C19H30N4O2S/c1-4-5-10-26(24,25)11-6-9-23-16(12-15-7-8-15)22-17-18(23)13(2)14(3)21-19(17)20/h15H,4-12H2,1-3H3,(H2,20,21). The highest BCUT2D eigenvalue weighted by Crippen LogP contribution is 2.34. The van der Waals surface area contributed by atoms with Crippen molar-refractivity contribution in [3.8, 4) is 0 Å². The molecule has 144 valence electrons. The topological polar surface area (TPSA) is 90.9 Å². The van der Waals surface area contributed by atoms with Crippen LogP contribution >= 0.6 is 0 Å². The van der Waals surface area contributed by atoms with Crippen molar-refractivity contribution in [2.24, 2.45) is 5.92 Å². The molecule has 6 nitrogen and oxygen atoms in total. The molecule has 0 aromatic carbocycles. The van der Waals surface area contributed by atoms with E-state index in [2.05, 4.69) is 9.55 Å². The second-order valence-corrected chi connectivity index (χ2v) is 9.89. The van der Waals surface area contributed by atoms with Crippen LogP contribution in [-0.4, -0.2) is 34.5 Å². The molecular weight excluding hydrogens is 348 g/mol. The molecule has 0 unspecified atom stereocenters. The summed E-state index contributed by atoms with van der Waals surface area (Å²) >= 11 is 0. The fourth-order valence-corrected chi connectivity index (χ4v) is 4.93. The molecule has 1 aliphatic carbocycles. The zero-order valence-electron chi connectivity index (χ0n) is 16.1. The van der Waals surface area contributed by atoms with Crippen molar-refractivity contribution in [1.82, 2.24) is 14.5 Å². The molecule has 0 saturated heterocycles. The van der Waals surface area contributed by atoms with E-state index in [4.69, 9.17) is 10.7 Å². The average molecular weight is 379 g/mol. The highest BCUT2D eigenvalue weighted by Gasteiger charge is 2.26. The normalized spacial score (nSPS) is 15.0. The van der Waals surface area contributed by atoms with E-state index in [0.717, 1.165) is 47.4 Å². The summed E-state index contributed by atoms with van der Waals surface area (Å²) < 4.78 is 26.5. The number of nitrogens with zero attached hydrogens (tertiary/aromatic N) is 3. The van der Waals surface area contributed by atoms with Crippen LogP contribution in [0.2, 0.25) is 0 Å². The molecule has 0 aliphatic heterocycles. The summed E-state index contributed by atoms with van der Waals surface area (Å²) in [4.78, 5) is 9.19. The van der Waals surface area contributed by atoms with Gasteiger partial charge in [-0.05, 0) is 51.0 Å². The molecule has 2 aromatic heterocycles. The zero-order valence-corrected chi connectivity index (χ0v) is 16.9. The van der Waals surface area contributed by atoms with Gasteiger partial charge in [-0.25, -0.2) is 18.4 Å². The number of aryl methyl sites for hydroxylation is 3. The number of aromatic nitrogens is 3. The molecule has 1 aliphatic rings. The first-order valence-corrected chi connectivity index (χ1v) is 11.5. The van der Waals surface area contributed by atoms with Gasteiger partial charge in [0.1, 0.15) is 21.2 Å². The van der Waals surface area contributed by atoms with E-state index in [9.17, 15) is 8.42 Å². The minimum absolute atomic E-state index is 0.230. The van der Waals surface area contributed by atoms with Crippen molar-refractivity contribution in [3.05, 3.63) is 17.1 Å². The molecule has 0 radical (unpaired) electrons. The van der Waals surface area contributed by atoms with E-state index in [-0.39, 0.29) is 11.5 Å². The number of fused-ring (bicyclic) bond motifs is 1. The second-order valence-electron chi connectivity index (χ2n) is 7.59. The maximum absolute atomic E-state index is 12.2. The molecule has 26 heavy (non-hydrogen) atoms. The highest BCUT2D eigenvalue weighted by molar-refractivity contribution is 7.91. The molecule has 0 bridgehead atoms. The average Bonchev–Trinajstić information content (AvgIpc) is 3.32. The van der Waals surface area contributed by atoms with Gasteiger partial charge >= 0.3 is 0 Å². The third kappa shape index (κ3) is 4.19. The number of rotatable bonds is 9. The summed E-state index contributed by atoms with van der Waals surface area (Å²) in [6.45, 7) is 6.67. The monoisotopic (exact) mass is 378 g/mol. The third-order valence-electron chi connectivity index (χ3n) is 5.29. The summed E-state index contributed by atoms with van der Waals surface area (Å²) in [7, 11) is -2.97. The number of hydrogen-bond acceptors (Lipinski definition) is 5. The Bertz CT molecular complexity index is 898. The number of imidazole rings is 1. The van der Waals surface area contributed by atoms with E-state index in [1.807, 2.05) is 20.8 Å². The lowest BCUT2D eigenvalue weighted by atomic mass is 10.2. The molecule has 7 heteroatoms. The van der Waals surface area contributed by atoms with Crippen LogP contribution < -0.4 is 5.73 Å². The van der Waals surface area contributed by atoms with Gasteiger partial charge in [-0.15, -0.1) is 0 Å². The van der Waals surface area contributed by atoms with E-state index >= 15 is 0 Å². The summed E-state index contributed by atoms with van der Waals surface area (Å²) in [6.07, 6.45) is 5.69. The number of nitrogen functional groups attached to an aromatic ring is 1. The minimum Gasteiger partial charge on any atom is -0.382 e. The Morgan fingerprint density at radius 1 is 1.15 bits per heavy atom. The maximum Gasteiger partial charge on any atom is 0.151 e. The van der Waals surface area contributed by atoms with Gasteiger partial charge in [0, 0.05) is 18.7 Å². The third-order valence-corrected chi connectivity index (χ3v) is 7.11. The van der Waals surface area contributed by atoms with E-state index in [1.54, 1.807) is 0 Å². The molecule has 0 atom stereocenters. The second kappa shape index (κ2) is 7.55. The van der Waals surface area contributed by atoms with E-state index < -0.39 is 9.84 Å². The van der Waals surface area contributed by atoms with Crippen molar-refractivity contribution in [2.45, 2.75) is 65.8 Å². The fraction of sp³-hybridized carbons (Fsp3) is 0.684. The number of unbranched alkanes of at least 4 members (excludes halogenated alkanes) is 1. The van der Waals surface area contributed by atoms with Gasteiger partial charge in [-0.3, -0.25) is 0 Å². The summed E-state index contributed by atoms with van der Waals surface area (Å²) in [5.74, 6) is 2.71. The number of anilines is 1. The summed E-state index contributed by atoms with van der Waals surface area (Å²) in [6, 6.07) is 0. The van der Waals surface area contributed by atoms with Crippen molar-refractivity contribution in [3.63, 3.8) is 0 Å². The predicted octanol–water partition coefficient (Wildman–Crippen LogP) is 3.19. The largest absolute Gasteiger partial charge is 0.382 e. The number of sulfone groups is 1. The molecule has 2 N–H and O–H groups in total. The van der Waals surface area contributed by atoms with Crippen LogP contribution in [-0.2, 0) is 22.8 Å². The van der Waals surface area contributed by atoms with Crippen LogP contribution in [0.3, 0.4) is 0 Å². The Morgan fingerprint density at radius 2 is 1.85 bits per heavy atom. The lowest BCUT2D eigenvalue weighted by Crippen LogP contribution is -2.14. The lowest BCUT2D eigenvalue weighted by molar-refractivity contribution is 0.579. The van der Waals surface area contributed by atoms with Gasteiger partial charge in [0.05, 0.1) is 17.0 Å². The SMILES string of the molecule is CCCCS(=O)(=O)CCCn1c(CC2CC2)nc2c(N)nc(C)c(C)c21. The minimum atomic E-state index is -2.97. The molecular formula is C19H30N4O2S. The van der Waals surface area contributed by atoms with Crippen molar-refractivity contribution in [1.29, 1.82) is 0 Å². The molecule has 1 saturated carbocycles. The van der Waals surface area contributed by atoms with Gasteiger partial charge in [0.2, 0.25) is 0 Å². The van der Waals surface area contributed by atoms with Gasteiger partial charge in [0.25, 0.3) is 0 Å². The number of hydrogen-bond donors (Lipinski definition) is 1. The first-order valence-electron chi connectivity index (χ1n) is 9.64. The number of nitrogens with two attached hydrogens (primary N) is 1. The first-order chi connectivity index (χ1) is 12.3. The first kappa shape index (κ1) is 19.1. The van der Waals surface area contributed by atoms with Gasteiger partial charge < -0.3 is 10.3 Å². The Kier molecular flexibility index (Phi) is 5.55. The molecule has 2 aromatic rings. The van der Waals surface area contributed by atoms with E-state index in [0.29, 0.717) is 24.7 Å². The van der Waals surface area contributed by atoms with Crippen LogP contribution in [0.25, 0.3) is 11.0 Å². The van der Waals surface area contributed by atoms with Gasteiger partial charge in [-0.1, -0.05) is 13.3 Å². The lowest BCUT2D eigenvalue weighted by Gasteiger charge is -2.12. The van der Waals surface area contributed by atoms with Gasteiger partial charge in [0.15, 0.2) is 5.82 Å². The molecule has 1 fully saturated rings. The van der Waals surface area contributed by atoms with Crippen molar-refractivity contribution in [2.75, 3.05) is 17.2 Å². The Hall–Kier alpha value is -1.63. The quantitative estimate of drug-likeness (QED) is 0.723. The molecule has 0 amide bonds. The summed E-state index contributed by atoms with van der Waals surface area (Å²) in [5.41, 5.74) is 9.90. The van der Waals surface area contributed by atoms with Crippen LogP contribution in [0.5, 0.6) is 0 Å². The predicted molar refractivity (Wildman–Crippen MR) is 106 cm³/mol. The smallest absolute Gasteiger partial charge is 0.151 e. The van der Waals surface area contributed by atoms with Gasteiger partial charge in [-0.2, -0.15) is 0 Å². The highest BCUT2D eigenvalue weighted by atomic mass is 32.2. The Labute approximate surface area is 156 Å². The Balaban J connectivity index is 1.87. The van der Waals surface area contributed by atoms with Crippen LogP contribution in [0, 0.1) is 19.8 Å². The van der Waals surface area contributed by atoms with E-state index in [1.165, 1.54) is 12.8 Å². The summed E-state index contributed by atoms with van der Waals surface area (Å²) in [5, 5.41) is 0. The van der Waals surface area contributed by atoms with Crippen LogP contribution in [0.4, 0.5) is 5.82 Å². The molecule has 2 heterocycles. The maximum atomic E-state index is 12.2.